The van der Waals surface area contributed by atoms with Gasteiger partial charge < -0.3 is 10.2 Å². The van der Waals surface area contributed by atoms with Crippen molar-refractivity contribution in [1.82, 2.24) is 15.1 Å². The number of unbranched alkanes of at least 4 members (excludes halogenated alkanes) is 3. The van der Waals surface area contributed by atoms with Gasteiger partial charge in [-0.2, -0.15) is 10.4 Å². The molecule has 2 atom stereocenters. The molecule has 0 aliphatic carbocycles. The first-order chi connectivity index (χ1) is 18.9. The number of nitrogens with one attached hydrogen (secondary N) is 1. The van der Waals surface area contributed by atoms with Crippen LogP contribution in [0.25, 0.3) is 12.2 Å². The van der Waals surface area contributed by atoms with Gasteiger partial charge in [-0.3, -0.25) is 0 Å². The van der Waals surface area contributed by atoms with Crippen molar-refractivity contribution in [2.75, 3.05) is 18.4 Å². The molecule has 0 radical (unpaired) electrons. The minimum Gasteiger partial charge on any atom is -0.371 e. The minimum atomic E-state index is 0.594. The minimum absolute atomic E-state index is 0.594. The van der Waals surface area contributed by atoms with Crippen LogP contribution in [0.2, 0.25) is 0 Å². The molecule has 3 rings (SSSR count). The van der Waals surface area contributed by atoms with Crippen LogP contribution in [0.15, 0.2) is 30.0 Å². The molecule has 1 aromatic heterocycles. The van der Waals surface area contributed by atoms with Gasteiger partial charge in [0.2, 0.25) is 0 Å². The van der Waals surface area contributed by atoms with Crippen LogP contribution in [0.3, 0.4) is 0 Å². The van der Waals surface area contributed by atoms with Gasteiger partial charge in [0.1, 0.15) is 0 Å². The molecule has 1 saturated heterocycles. The van der Waals surface area contributed by atoms with Crippen LogP contribution in [0.1, 0.15) is 102 Å². The number of allylic oxidation sites excluding steroid dienone is 2. The van der Waals surface area contributed by atoms with Crippen molar-refractivity contribution in [2.45, 2.75) is 100 Å². The Morgan fingerprint density at radius 2 is 1.87 bits per heavy atom. The summed E-state index contributed by atoms with van der Waals surface area (Å²) in [6.45, 7) is 19.8. The quantitative estimate of drug-likeness (QED) is 0.317. The highest BCUT2D eigenvalue weighted by molar-refractivity contribution is 5.55. The van der Waals surface area contributed by atoms with E-state index in [4.69, 9.17) is 0 Å². The van der Waals surface area contributed by atoms with E-state index in [0.717, 1.165) is 58.5 Å². The number of hydrogen-bond donors (Lipinski definition) is 1. The number of benzene rings is 1. The molecule has 2 heterocycles. The normalized spacial score (nSPS) is 18.1. The molecule has 1 aliphatic rings. The van der Waals surface area contributed by atoms with Gasteiger partial charge in [-0.15, -0.1) is 5.10 Å². The maximum Gasteiger partial charge on any atom is 0.156 e. The van der Waals surface area contributed by atoms with E-state index in [0.29, 0.717) is 18.0 Å². The lowest BCUT2D eigenvalue weighted by Gasteiger charge is -2.21. The molecule has 5 nitrogen and oxygen atoms in total. The molecule has 1 aromatic carbocycles. The van der Waals surface area contributed by atoms with E-state index in [1.165, 1.54) is 37.8 Å². The number of aromatic nitrogens is 2. The van der Waals surface area contributed by atoms with Crippen LogP contribution < -0.4 is 15.8 Å². The van der Waals surface area contributed by atoms with E-state index < -0.39 is 0 Å². The first-order valence-electron chi connectivity index (χ1n) is 15.1. The number of anilines is 1. The Hall–Kier alpha value is -3.13. The number of nitriles is 1. The van der Waals surface area contributed by atoms with E-state index in [-0.39, 0.29) is 0 Å². The smallest absolute Gasteiger partial charge is 0.156 e. The predicted molar refractivity (Wildman–Crippen MR) is 167 cm³/mol. The summed E-state index contributed by atoms with van der Waals surface area (Å²) in [6.07, 6.45) is 14.5. The summed E-state index contributed by atoms with van der Waals surface area (Å²) in [6, 6.07) is 8.16. The number of nitrogens with zero attached hydrogens (tertiary/aromatic N) is 4. The van der Waals surface area contributed by atoms with Gasteiger partial charge in [0.05, 0.1) is 17.3 Å². The zero-order valence-electron chi connectivity index (χ0n) is 25.8. The highest BCUT2D eigenvalue weighted by atomic mass is 15.2. The number of hydrogen-bond acceptors (Lipinski definition) is 5. The first kappa shape index (κ1) is 32.1. The molecule has 0 spiro atoms. The highest BCUT2D eigenvalue weighted by Crippen LogP contribution is 2.30. The van der Waals surface area contributed by atoms with Gasteiger partial charge in [0.15, 0.2) is 5.82 Å². The van der Waals surface area contributed by atoms with Gasteiger partial charge in [0.25, 0.3) is 0 Å². The first-order valence-corrected chi connectivity index (χ1v) is 15.1. The summed E-state index contributed by atoms with van der Waals surface area (Å²) in [5, 5.41) is 24.2. The summed E-state index contributed by atoms with van der Waals surface area (Å²) in [5.41, 5.74) is 5.03. The highest BCUT2D eigenvalue weighted by Gasteiger charge is 2.29. The zero-order valence-corrected chi connectivity index (χ0v) is 25.8. The van der Waals surface area contributed by atoms with Gasteiger partial charge >= 0.3 is 0 Å². The summed E-state index contributed by atoms with van der Waals surface area (Å²) >= 11 is 0. The molecule has 1 aliphatic heterocycles. The lowest BCUT2D eigenvalue weighted by molar-refractivity contribution is 0.390. The zero-order chi connectivity index (χ0) is 28.8. The van der Waals surface area contributed by atoms with Gasteiger partial charge in [-0.25, -0.2) is 0 Å². The number of likely N-dealkylation sites (tertiary alicyclic amines) is 1. The lowest BCUT2D eigenvalue weighted by Crippen LogP contribution is -2.34. The molecule has 1 fully saturated rings. The average Bonchev–Trinajstić information content (AvgIpc) is 3.32. The molecule has 2 unspecified atom stereocenters. The Labute approximate surface area is 237 Å². The van der Waals surface area contributed by atoms with Crippen molar-refractivity contribution in [1.29, 1.82) is 5.26 Å². The third-order valence-corrected chi connectivity index (χ3v) is 7.80. The summed E-state index contributed by atoms with van der Waals surface area (Å²) in [4.78, 5) is 2.58. The maximum absolute atomic E-state index is 9.42. The van der Waals surface area contributed by atoms with Crippen molar-refractivity contribution in [3.63, 3.8) is 0 Å². The van der Waals surface area contributed by atoms with Crippen LogP contribution in [-0.2, 0) is 6.54 Å². The van der Waals surface area contributed by atoms with Crippen molar-refractivity contribution in [2.24, 2.45) is 11.8 Å². The SMILES string of the molecule is C/C=c1/c(C)nnc(NCc2cccc(C#N)c2C)/c1=C/C(=C/CC)N1CC(C)C(CCCCCC)C1.CC. The Bertz CT molecular complexity index is 1240. The summed E-state index contributed by atoms with van der Waals surface area (Å²) in [7, 11) is 0. The second-order valence-electron chi connectivity index (χ2n) is 10.5. The fraction of sp³-hybridized carbons (Fsp3) is 0.559. The van der Waals surface area contributed by atoms with E-state index in [1.54, 1.807) is 0 Å². The molecule has 0 saturated carbocycles. The molecule has 5 heteroatoms. The van der Waals surface area contributed by atoms with Crippen LogP contribution in [0.4, 0.5) is 5.82 Å². The van der Waals surface area contributed by atoms with Crippen LogP contribution in [0, 0.1) is 37.0 Å². The molecular weight excluding hydrogens is 478 g/mol. The van der Waals surface area contributed by atoms with Crippen molar-refractivity contribution in [3.05, 3.63) is 62.8 Å². The molecule has 39 heavy (non-hydrogen) atoms. The second kappa shape index (κ2) is 16.7. The standard InChI is InChI=1S/C32H45N5.C2H6/c1-7-10-11-12-15-28-22-37(21-23(28)4)29(14-8-2)18-31-30(9-3)25(6)35-36-32(31)34-20-27-17-13-16-26(19-33)24(27)5;1-2/h9,13-14,16-18,23,28H,7-8,10-12,15,20-22H2,1-6H3,(H,34,36);1-2H3/b29-14-,30-9-,31-18+;. The summed E-state index contributed by atoms with van der Waals surface area (Å²) in [5.74, 6) is 2.25. The molecule has 1 N–H and O–H groups in total. The number of rotatable bonds is 11. The van der Waals surface area contributed by atoms with E-state index in [1.807, 2.05) is 39.8 Å². The van der Waals surface area contributed by atoms with Crippen molar-refractivity contribution < 1.29 is 0 Å². The predicted octanol–water partition coefficient (Wildman–Crippen LogP) is 7.02. The Balaban J connectivity index is 0.00000260. The van der Waals surface area contributed by atoms with Crippen molar-refractivity contribution in [3.8, 4) is 6.07 Å². The van der Waals surface area contributed by atoms with Gasteiger partial charge in [-0.05, 0) is 68.7 Å². The Morgan fingerprint density at radius 3 is 2.54 bits per heavy atom. The third-order valence-electron chi connectivity index (χ3n) is 7.80. The van der Waals surface area contributed by atoms with E-state index in [2.05, 4.69) is 78.5 Å². The molecule has 0 bridgehead atoms. The average molecular weight is 530 g/mol. The van der Waals surface area contributed by atoms with Crippen LogP contribution >= 0.6 is 0 Å². The van der Waals surface area contributed by atoms with E-state index >= 15 is 0 Å². The van der Waals surface area contributed by atoms with Crippen LogP contribution in [0.5, 0.6) is 0 Å². The Morgan fingerprint density at radius 1 is 1.10 bits per heavy atom. The van der Waals surface area contributed by atoms with E-state index in [9.17, 15) is 5.26 Å². The molecule has 2 aromatic rings. The monoisotopic (exact) mass is 529 g/mol. The summed E-state index contributed by atoms with van der Waals surface area (Å²) < 4.78 is 0. The molecule has 0 amide bonds. The fourth-order valence-electron chi connectivity index (χ4n) is 5.46. The molecular formula is C34H51N5. The molecule has 212 valence electrons. The van der Waals surface area contributed by atoms with Gasteiger partial charge in [0, 0.05) is 35.8 Å². The van der Waals surface area contributed by atoms with Gasteiger partial charge in [-0.1, -0.05) is 84.6 Å². The third kappa shape index (κ3) is 8.68. The largest absolute Gasteiger partial charge is 0.371 e. The second-order valence-corrected chi connectivity index (χ2v) is 10.5. The lowest BCUT2D eigenvalue weighted by atomic mass is 9.92. The fourth-order valence-corrected chi connectivity index (χ4v) is 5.46. The topological polar surface area (TPSA) is 64.8 Å². The van der Waals surface area contributed by atoms with Crippen molar-refractivity contribution >= 4 is 18.0 Å². The number of aryl methyl sites for hydroxylation is 1. The Kier molecular flexibility index (Phi) is 13.8. The van der Waals surface area contributed by atoms with Crippen LogP contribution in [-0.4, -0.2) is 28.2 Å². The maximum atomic E-state index is 9.42.